The third-order valence-electron chi connectivity index (χ3n) is 4.79. The summed E-state index contributed by atoms with van der Waals surface area (Å²) < 4.78 is 0. The number of carbonyl (C=O) groups excluding carboxylic acids is 1. The van der Waals surface area contributed by atoms with Crippen LogP contribution in [0.5, 0.6) is 0 Å². The molecule has 27 heavy (non-hydrogen) atoms. The highest BCUT2D eigenvalue weighted by atomic mass is 32.1. The second kappa shape index (κ2) is 8.39. The van der Waals surface area contributed by atoms with Crippen LogP contribution in [0.1, 0.15) is 24.8 Å². The van der Waals surface area contributed by atoms with E-state index < -0.39 is 4.92 Å². The molecule has 0 aliphatic carbocycles. The highest BCUT2D eigenvalue weighted by molar-refractivity contribution is 7.10. The summed E-state index contributed by atoms with van der Waals surface area (Å²) in [5.41, 5.74) is 1.03. The SMILES string of the molecule is CC(C)[C@@H](NC(=O)N1CCN(c2ccc([N+](=O)[O-])cc2)CC1)c1cccs1. The van der Waals surface area contributed by atoms with Gasteiger partial charge in [0.2, 0.25) is 0 Å². The monoisotopic (exact) mass is 388 g/mol. The van der Waals surface area contributed by atoms with Crippen LogP contribution < -0.4 is 10.2 Å². The van der Waals surface area contributed by atoms with Gasteiger partial charge in [0.1, 0.15) is 0 Å². The minimum Gasteiger partial charge on any atom is -0.368 e. The Hall–Kier alpha value is -2.61. The molecule has 0 saturated carbocycles. The van der Waals surface area contributed by atoms with Crippen molar-refractivity contribution in [3.05, 3.63) is 56.8 Å². The number of benzene rings is 1. The smallest absolute Gasteiger partial charge is 0.318 e. The van der Waals surface area contributed by atoms with Gasteiger partial charge in [-0.05, 0) is 29.5 Å². The van der Waals surface area contributed by atoms with Crippen molar-refractivity contribution < 1.29 is 9.72 Å². The largest absolute Gasteiger partial charge is 0.368 e. The van der Waals surface area contributed by atoms with Crippen molar-refractivity contribution in [1.29, 1.82) is 0 Å². The Labute approximate surface area is 162 Å². The van der Waals surface area contributed by atoms with E-state index in [1.807, 2.05) is 16.3 Å². The van der Waals surface area contributed by atoms with Crippen LogP contribution in [0, 0.1) is 16.0 Å². The molecule has 2 amide bonds. The highest BCUT2D eigenvalue weighted by Crippen LogP contribution is 2.26. The van der Waals surface area contributed by atoms with Crippen molar-refractivity contribution >= 4 is 28.7 Å². The second-order valence-electron chi connectivity index (χ2n) is 6.93. The van der Waals surface area contributed by atoms with Crippen LogP contribution in [0.25, 0.3) is 0 Å². The number of nitrogens with one attached hydrogen (secondary N) is 1. The zero-order valence-corrected chi connectivity index (χ0v) is 16.3. The van der Waals surface area contributed by atoms with Gasteiger partial charge in [-0.25, -0.2) is 4.79 Å². The molecule has 1 N–H and O–H groups in total. The molecule has 1 fully saturated rings. The molecule has 3 rings (SSSR count). The zero-order valence-electron chi connectivity index (χ0n) is 15.5. The van der Waals surface area contributed by atoms with Crippen molar-refractivity contribution in [3.63, 3.8) is 0 Å². The lowest BCUT2D eigenvalue weighted by molar-refractivity contribution is -0.384. The Bertz CT molecular complexity index is 769. The van der Waals surface area contributed by atoms with Gasteiger partial charge in [-0.15, -0.1) is 11.3 Å². The first-order chi connectivity index (χ1) is 13.0. The number of hydrogen-bond acceptors (Lipinski definition) is 5. The van der Waals surface area contributed by atoms with Gasteiger partial charge in [-0.1, -0.05) is 19.9 Å². The minimum absolute atomic E-state index is 0.0187. The maximum atomic E-state index is 12.7. The standard InChI is InChI=1S/C19H24N4O3S/c1-14(2)18(17-4-3-13-27-17)20-19(24)22-11-9-21(10-12-22)15-5-7-16(8-6-15)23(25)26/h3-8,13-14,18H,9-12H2,1-2H3,(H,20,24)/t18-/m1/s1. The predicted octanol–water partition coefficient (Wildman–Crippen LogP) is 3.89. The van der Waals surface area contributed by atoms with Crippen LogP contribution in [0.4, 0.5) is 16.2 Å². The summed E-state index contributed by atoms with van der Waals surface area (Å²) in [5, 5.41) is 16.0. The number of carbonyl (C=O) groups is 1. The third kappa shape index (κ3) is 4.57. The number of non-ortho nitro benzene ring substituents is 1. The van der Waals surface area contributed by atoms with Gasteiger partial charge in [-0.2, -0.15) is 0 Å². The summed E-state index contributed by atoms with van der Waals surface area (Å²) >= 11 is 1.66. The molecule has 0 bridgehead atoms. The quantitative estimate of drug-likeness (QED) is 0.623. The van der Waals surface area contributed by atoms with E-state index in [1.165, 1.54) is 17.0 Å². The summed E-state index contributed by atoms with van der Waals surface area (Å²) in [5.74, 6) is 0.314. The molecule has 1 aliphatic heterocycles. The van der Waals surface area contributed by atoms with Gasteiger partial charge < -0.3 is 15.1 Å². The Morgan fingerprint density at radius 1 is 1.15 bits per heavy atom. The Balaban J connectivity index is 1.56. The van der Waals surface area contributed by atoms with E-state index in [0.717, 1.165) is 5.69 Å². The van der Waals surface area contributed by atoms with Gasteiger partial charge in [0.15, 0.2) is 0 Å². The second-order valence-corrected chi connectivity index (χ2v) is 7.91. The van der Waals surface area contributed by atoms with Crippen LogP contribution >= 0.6 is 11.3 Å². The molecule has 7 nitrogen and oxygen atoms in total. The average molecular weight is 388 g/mol. The van der Waals surface area contributed by atoms with E-state index in [1.54, 1.807) is 23.5 Å². The molecular formula is C19H24N4O3S. The number of anilines is 1. The predicted molar refractivity (Wildman–Crippen MR) is 107 cm³/mol. The number of nitro benzene ring substituents is 1. The number of piperazine rings is 1. The number of nitrogens with zero attached hydrogens (tertiary/aromatic N) is 3. The molecule has 1 saturated heterocycles. The van der Waals surface area contributed by atoms with Crippen molar-refractivity contribution in [1.82, 2.24) is 10.2 Å². The molecule has 2 aromatic rings. The molecule has 8 heteroatoms. The summed E-state index contributed by atoms with van der Waals surface area (Å²) in [6.07, 6.45) is 0. The van der Waals surface area contributed by atoms with E-state index in [-0.39, 0.29) is 17.8 Å². The fourth-order valence-electron chi connectivity index (χ4n) is 3.21. The molecule has 1 aromatic carbocycles. The van der Waals surface area contributed by atoms with Crippen molar-refractivity contribution in [3.8, 4) is 0 Å². The van der Waals surface area contributed by atoms with E-state index in [9.17, 15) is 14.9 Å². The molecule has 1 aromatic heterocycles. The molecule has 0 radical (unpaired) electrons. The maximum absolute atomic E-state index is 12.7. The van der Waals surface area contributed by atoms with Crippen molar-refractivity contribution in [2.24, 2.45) is 5.92 Å². The summed E-state index contributed by atoms with van der Waals surface area (Å²) in [7, 11) is 0. The lowest BCUT2D eigenvalue weighted by Gasteiger charge is -2.37. The Kier molecular flexibility index (Phi) is 5.95. The van der Waals surface area contributed by atoms with Crippen LogP contribution in [-0.2, 0) is 0 Å². The molecule has 144 valence electrons. The molecular weight excluding hydrogens is 364 g/mol. The number of hydrogen-bond donors (Lipinski definition) is 1. The van der Waals surface area contributed by atoms with E-state index in [0.29, 0.717) is 32.1 Å². The fourth-order valence-corrected chi connectivity index (χ4v) is 4.16. The van der Waals surface area contributed by atoms with Crippen molar-refractivity contribution in [2.75, 3.05) is 31.1 Å². The topological polar surface area (TPSA) is 78.7 Å². The molecule has 1 aliphatic rings. The van der Waals surface area contributed by atoms with E-state index >= 15 is 0 Å². The van der Waals surface area contributed by atoms with Crippen LogP contribution in [-0.4, -0.2) is 42.0 Å². The van der Waals surface area contributed by atoms with Gasteiger partial charge in [0.25, 0.3) is 5.69 Å². The maximum Gasteiger partial charge on any atom is 0.318 e. The molecule has 1 atom stereocenters. The van der Waals surface area contributed by atoms with Crippen LogP contribution in [0.15, 0.2) is 41.8 Å². The Morgan fingerprint density at radius 3 is 2.33 bits per heavy atom. The van der Waals surface area contributed by atoms with Crippen LogP contribution in [0.3, 0.4) is 0 Å². The van der Waals surface area contributed by atoms with Gasteiger partial charge in [0.05, 0.1) is 11.0 Å². The zero-order chi connectivity index (χ0) is 19.4. The van der Waals surface area contributed by atoms with E-state index in [2.05, 4.69) is 30.1 Å². The number of rotatable bonds is 5. The summed E-state index contributed by atoms with van der Waals surface area (Å²) in [6, 6.07) is 10.6. The summed E-state index contributed by atoms with van der Waals surface area (Å²) in [4.78, 5) is 28.2. The number of urea groups is 1. The first kappa shape index (κ1) is 19.2. The third-order valence-corrected chi connectivity index (χ3v) is 5.74. The van der Waals surface area contributed by atoms with E-state index in [4.69, 9.17) is 0 Å². The lowest BCUT2D eigenvalue weighted by atomic mass is 10.0. The lowest BCUT2D eigenvalue weighted by Crippen LogP contribution is -2.52. The summed E-state index contributed by atoms with van der Waals surface area (Å²) in [6.45, 7) is 6.87. The first-order valence-electron chi connectivity index (χ1n) is 9.04. The highest BCUT2D eigenvalue weighted by Gasteiger charge is 2.25. The Morgan fingerprint density at radius 2 is 1.81 bits per heavy atom. The molecule has 0 unspecified atom stereocenters. The number of thiophene rings is 1. The minimum atomic E-state index is -0.398. The number of amides is 2. The van der Waals surface area contributed by atoms with Gasteiger partial charge in [-0.3, -0.25) is 10.1 Å². The van der Waals surface area contributed by atoms with Crippen LogP contribution in [0.2, 0.25) is 0 Å². The molecule has 2 heterocycles. The van der Waals surface area contributed by atoms with Gasteiger partial charge in [0, 0.05) is 48.9 Å². The number of nitro groups is 1. The average Bonchev–Trinajstić information content (AvgIpc) is 3.20. The first-order valence-corrected chi connectivity index (χ1v) is 9.92. The normalized spacial score (nSPS) is 15.7. The van der Waals surface area contributed by atoms with Gasteiger partial charge >= 0.3 is 6.03 Å². The van der Waals surface area contributed by atoms with Crippen molar-refractivity contribution in [2.45, 2.75) is 19.9 Å². The molecule has 0 spiro atoms. The fraction of sp³-hybridized carbons (Fsp3) is 0.421.